The van der Waals surface area contributed by atoms with Gasteiger partial charge in [-0.3, -0.25) is 13.9 Å². The number of hydrogen-bond acceptors (Lipinski definition) is 4. The smallest absolute Gasteiger partial charge is 0.435 e. The highest BCUT2D eigenvalue weighted by Gasteiger charge is 2.47. The number of carbonyl (C=O) groups excluding carboxylic acids is 1. The van der Waals surface area contributed by atoms with E-state index in [0.717, 1.165) is 18.2 Å². The van der Waals surface area contributed by atoms with E-state index < -0.39 is 34.9 Å². The van der Waals surface area contributed by atoms with Crippen LogP contribution >= 0.6 is 11.6 Å². The van der Waals surface area contributed by atoms with E-state index in [1.165, 1.54) is 34.4 Å². The van der Waals surface area contributed by atoms with Gasteiger partial charge in [0.1, 0.15) is 0 Å². The zero-order valence-corrected chi connectivity index (χ0v) is 17.8. The Morgan fingerprint density at radius 1 is 1.06 bits per heavy atom. The van der Waals surface area contributed by atoms with E-state index in [9.17, 15) is 32.7 Å². The molecule has 1 aromatic heterocycles. The number of aromatic carboxylic acids is 1. The summed E-state index contributed by atoms with van der Waals surface area (Å²) in [5.41, 5.74) is -1.77. The van der Waals surface area contributed by atoms with Gasteiger partial charge in [0.15, 0.2) is 5.71 Å². The number of hydrogen-bond donors (Lipinski definition) is 1. The molecule has 0 saturated heterocycles. The van der Waals surface area contributed by atoms with Crippen molar-refractivity contribution < 1.29 is 27.9 Å². The lowest BCUT2D eigenvalue weighted by Crippen LogP contribution is -2.25. The SMILES string of the molecule is Cn1c(=O)n(C)c2cc(C=C3C(=O)N(c4ccc(Cl)c(C(=O)O)c4)N=C3C(F)(F)F)ccc21. The highest BCUT2D eigenvalue weighted by molar-refractivity contribution is 6.35. The first kappa shape index (κ1) is 22.3. The molecule has 1 aliphatic rings. The molecule has 8 nitrogen and oxygen atoms in total. The van der Waals surface area contributed by atoms with Crippen molar-refractivity contribution in [1.29, 1.82) is 0 Å². The van der Waals surface area contributed by atoms with Crippen molar-refractivity contribution in [3.8, 4) is 0 Å². The summed E-state index contributed by atoms with van der Waals surface area (Å²) < 4.78 is 43.8. The lowest BCUT2D eigenvalue weighted by atomic mass is 10.1. The molecule has 1 N–H and O–H groups in total. The summed E-state index contributed by atoms with van der Waals surface area (Å²) in [4.78, 5) is 36.4. The summed E-state index contributed by atoms with van der Waals surface area (Å²) in [6.45, 7) is 0. The van der Waals surface area contributed by atoms with Gasteiger partial charge in [-0.25, -0.2) is 9.59 Å². The number of benzene rings is 2. The molecule has 170 valence electrons. The Labute approximate surface area is 188 Å². The van der Waals surface area contributed by atoms with E-state index in [4.69, 9.17) is 11.6 Å². The molecule has 0 bridgehead atoms. The molecule has 2 aromatic carbocycles. The van der Waals surface area contributed by atoms with Gasteiger partial charge < -0.3 is 5.11 Å². The van der Waals surface area contributed by atoms with E-state index in [1.807, 2.05) is 0 Å². The summed E-state index contributed by atoms with van der Waals surface area (Å²) in [7, 11) is 3.08. The third-order valence-corrected chi connectivity index (χ3v) is 5.51. The normalized spacial score (nSPS) is 15.6. The third-order valence-electron chi connectivity index (χ3n) is 5.18. The van der Waals surface area contributed by atoms with Crippen LogP contribution in [-0.2, 0) is 18.9 Å². The zero-order valence-electron chi connectivity index (χ0n) is 17.0. The number of hydrazone groups is 1. The van der Waals surface area contributed by atoms with Crippen LogP contribution in [0.25, 0.3) is 17.1 Å². The Morgan fingerprint density at radius 2 is 1.73 bits per heavy atom. The summed E-state index contributed by atoms with van der Waals surface area (Å²) in [5.74, 6) is -2.51. The van der Waals surface area contributed by atoms with Crippen LogP contribution in [0.4, 0.5) is 18.9 Å². The molecule has 0 spiro atoms. The number of carboxylic acid groups (broad SMARTS) is 1. The minimum absolute atomic E-state index is 0.143. The predicted molar refractivity (Wildman–Crippen MR) is 116 cm³/mol. The number of nitrogens with zero attached hydrogens (tertiary/aromatic N) is 4. The second kappa shape index (κ2) is 7.62. The molecular formula is C21H14ClF3N4O4. The van der Waals surface area contributed by atoms with E-state index in [-0.39, 0.29) is 22.0 Å². The van der Waals surface area contributed by atoms with Crippen LogP contribution in [-0.4, -0.2) is 38.0 Å². The quantitative estimate of drug-likeness (QED) is 0.582. The summed E-state index contributed by atoms with van der Waals surface area (Å²) in [6.07, 6.45) is -3.93. The van der Waals surface area contributed by atoms with Gasteiger partial charge in [0.2, 0.25) is 0 Å². The molecule has 0 unspecified atom stereocenters. The molecular weight excluding hydrogens is 465 g/mol. The van der Waals surface area contributed by atoms with Crippen molar-refractivity contribution in [1.82, 2.24) is 9.13 Å². The molecule has 0 radical (unpaired) electrons. The minimum Gasteiger partial charge on any atom is -0.478 e. The Balaban J connectivity index is 1.84. The lowest BCUT2D eigenvalue weighted by Gasteiger charge is -2.12. The second-order valence-corrected chi connectivity index (χ2v) is 7.65. The average molecular weight is 479 g/mol. The number of amides is 1. The van der Waals surface area contributed by atoms with Crippen molar-refractivity contribution in [3.63, 3.8) is 0 Å². The van der Waals surface area contributed by atoms with Gasteiger partial charge in [-0.15, -0.1) is 0 Å². The molecule has 3 aromatic rings. The molecule has 0 fully saturated rings. The van der Waals surface area contributed by atoms with Gasteiger partial charge in [-0.1, -0.05) is 17.7 Å². The first-order valence-corrected chi connectivity index (χ1v) is 9.68. The fourth-order valence-electron chi connectivity index (χ4n) is 3.52. The Kier molecular flexibility index (Phi) is 5.16. The van der Waals surface area contributed by atoms with Crippen molar-refractivity contribution in [3.05, 3.63) is 68.6 Å². The number of rotatable bonds is 3. The molecule has 33 heavy (non-hydrogen) atoms. The highest BCUT2D eigenvalue weighted by atomic mass is 35.5. The highest BCUT2D eigenvalue weighted by Crippen LogP contribution is 2.34. The number of alkyl halides is 3. The van der Waals surface area contributed by atoms with E-state index in [2.05, 4.69) is 5.10 Å². The Bertz CT molecular complexity index is 1470. The zero-order chi connectivity index (χ0) is 24.2. The van der Waals surface area contributed by atoms with E-state index in [0.29, 0.717) is 16.0 Å². The predicted octanol–water partition coefficient (Wildman–Crippen LogP) is 3.58. The van der Waals surface area contributed by atoms with Crippen LogP contribution in [0.5, 0.6) is 0 Å². The summed E-state index contributed by atoms with van der Waals surface area (Å²) in [5, 5.41) is 13.0. The average Bonchev–Trinajstić information content (AvgIpc) is 3.18. The molecule has 1 aliphatic heterocycles. The molecule has 0 aliphatic carbocycles. The van der Waals surface area contributed by atoms with Crippen LogP contribution in [0.3, 0.4) is 0 Å². The Hall–Kier alpha value is -3.86. The number of carbonyl (C=O) groups is 2. The van der Waals surface area contributed by atoms with Crippen LogP contribution in [0.2, 0.25) is 5.02 Å². The van der Waals surface area contributed by atoms with Crippen molar-refractivity contribution in [2.24, 2.45) is 19.2 Å². The maximum Gasteiger partial charge on any atom is 0.435 e. The van der Waals surface area contributed by atoms with Gasteiger partial charge in [-0.2, -0.15) is 23.3 Å². The molecule has 1 amide bonds. The third kappa shape index (κ3) is 3.69. The van der Waals surface area contributed by atoms with Gasteiger partial charge in [0.05, 0.1) is 32.9 Å². The first-order valence-electron chi connectivity index (χ1n) is 9.31. The van der Waals surface area contributed by atoms with Crippen molar-refractivity contribution in [2.45, 2.75) is 6.18 Å². The first-order chi connectivity index (χ1) is 15.4. The lowest BCUT2D eigenvalue weighted by molar-refractivity contribution is -0.114. The van der Waals surface area contributed by atoms with Crippen molar-refractivity contribution >= 4 is 52.0 Å². The second-order valence-electron chi connectivity index (χ2n) is 7.24. The summed E-state index contributed by atoms with van der Waals surface area (Å²) >= 11 is 5.81. The van der Waals surface area contributed by atoms with Gasteiger partial charge in [-0.05, 0) is 42.0 Å². The number of imidazole rings is 1. The molecule has 2 heterocycles. The topological polar surface area (TPSA) is 96.9 Å². The molecule has 12 heteroatoms. The van der Waals surface area contributed by atoms with Crippen molar-refractivity contribution in [2.75, 3.05) is 5.01 Å². The number of fused-ring (bicyclic) bond motifs is 1. The van der Waals surface area contributed by atoms with Crippen LogP contribution in [0.15, 0.2) is 51.9 Å². The largest absolute Gasteiger partial charge is 0.478 e. The molecule has 0 saturated carbocycles. The number of aryl methyl sites for hydroxylation is 2. The molecule has 0 atom stereocenters. The van der Waals surface area contributed by atoms with Crippen LogP contribution in [0, 0.1) is 0 Å². The monoisotopic (exact) mass is 478 g/mol. The fraction of sp³-hybridized carbons (Fsp3) is 0.143. The Morgan fingerprint density at radius 3 is 2.36 bits per heavy atom. The van der Waals surface area contributed by atoms with Gasteiger partial charge >= 0.3 is 17.8 Å². The number of halogens is 4. The summed E-state index contributed by atoms with van der Waals surface area (Å²) in [6, 6.07) is 7.83. The number of aromatic nitrogens is 2. The fourth-order valence-corrected chi connectivity index (χ4v) is 3.72. The van der Waals surface area contributed by atoms with E-state index >= 15 is 0 Å². The molecule has 4 rings (SSSR count). The maximum absolute atomic E-state index is 13.7. The number of anilines is 1. The van der Waals surface area contributed by atoms with Gasteiger partial charge in [0, 0.05) is 14.1 Å². The van der Waals surface area contributed by atoms with Crippen LogP contribution in [0.1, 0.15) is 15.9 Å². The van der Waals surface area contributed by atoms with Gasteiger partial charge in [0.25, 0.3) is 5.91 Å². The van der Waals surface area contributed by atoms with E-state index in [1.54, 1.807) is 13.1 Å². The van der Waals surface area contributed by atoms with Crippen LogP contribution < -0.4 is 10.7 Å². The maximum atomic E-state index is 13.7. The standard InChI is InChI=1S/C21H14ClF3N4O4/c1-27-15-6-3-10(8-16(15)28(2)20(27)33)7-13-17(21(23,24)25)26-29(18(13)30)11-4-5-14(22)12(9-11)19(31)32/h3-9H,1-2H3,(H,31,32). The number of carboxylic acids is 1. The minimum atomic E-state index is -4.96.